The number of allylic oxidation sites excluding steroid dienone is 1. The van der Waals surface area contributed by atoms with Gasteiger partial charge >= 0.3 is 17.9 Å². The number of Topliss-reactive ketones (excluding diaryl/α,β-unsaturated/α-hetero) is 1. The van der Waals surface area contributed by atoms with Crippen LogP contribution < -0.4 is 14.2 Å². The summed E-state index contributed by atoms with van der Waals surface area (Å²) in [5.41, 5.74) is 5.11. The molecule has 3 aromatic rings. The van der Waals surface area contributed by atoms with Gasteiger partial charge in [0.05, 0.1) is 0 Å². The van der Waals surface area contributed by atoms with Gasteiger partial charge in [-0.2, -0.15) is 0 Å². The van der Waals surface area contributed by atoms with E-state index in [1.165, 1.54) is 19.1 Å². The lowest BCUT2D eigenvalue weighted by Gasteiger charge is -2.13. The number of carbonyl (C=O) groups excluding carboxylic acids is 4. The molecule has 0 spiro atoms. The molecule has 0 amide bonds. The number of rotatable bonds is 9. The molecule has 0 N–H and O–H groups in total. The highest BCUT2D eigenvalue weighted by Gasteiger charge is 2.18. The third kappa shape index (κ3) is 7.05. The third-order valence-electron chi connectivity index (χ3n) is 5.53. The first-order valence-electron chi connectivity index (χ1n) is 11.9. The minimum absolute atomic E-state index is 0.0160. The molecular weight excluding hydrogens is 496 g/mol. The van der Waals surface area contributed by atoms with Crippen molar-refractivity contribution in [3.63, 3.8) is 0 Å². The lowest BCUT2D eigenvalue weighted by atomic mass is 9.97. The van der Waals surface area contributed by atoms with Gasteiger partial charge in [-0.25, -0.2) is 14.4 Å². The summed E-state index contributed by atoms with van der Waals surface area (Å²) in [6.07, 6.45) is 0. The average Bonchev–Trinajstić information content (AvgIpc) is 2.89. The van der Waals surface area contributed by atoms with Gasteiger partial charge in [-0.05, 0) is 72.9 Å². The molecule has 39 heavy (non-hydrogen) atoms. The van der Waals surface area contributed by atoms with E-state index in [-0.39, 0.29) is 17.1 Å². The van der Waals surface area contributed by atoms with Crippen molar-refractivity contribution in [1.29, 1.82) is 0 Å². The van der Waals surface area contributed by atoms with Crippen LogP contribution >= 0.6 is 0 Å². The van der Waals surface area contributed by atoms with E-state index >= 15 is 0 Å². The summed E-state index contributed by atoms with van der Waals surface area (Å²) in [4.78, 5) is 47.4. The number of benzene rings is 3. The summed E-state index contributed by atoms with van der Waals surface area (Å²) in [6.45, 7) is 17.1. The van der Waals surface area contributed by atoms with Crippen LogP contribution in [0.25, 0.3) is 27.8 Å². The largest absolute Gasteiger partial charge is 0.423 e. The van der Waals surface area contributed by atoms with Gasteiger partial charge < -0.3 is 14.2 Å². The fraction of sp³-hybridized carbons (Fsp3) is 0.125. The minimum Gasteiger partial charge on any atom is -0.423 e. The zero-order valence-corrected chi connectivity index (χ0v) is 22.3. The molecule has 7 heteroatoms. The van der Waals surface area contributed by atoms with Crippen molar-refractivity contribution in [1.82, 2.24) is 0 Å². The average molecular weight is 525 g/mol. The van der Waals surface area contributed by atoms with E-state index in [1.807, 2.05) is 43.3 Å². The molecule has 0 aromatic heterocycles. The van der Waals surface area contributed by atoms with Crippen LogP contribution in [0.5, 0.6) is 17.2 Å². The Morgan fingerprint density at radius 3 is 1.38 bits per heavy atom. The first kappa shape index (κ1) is 28.5. The summed E-state index contributed by atoms with van der Waals surface area (Å²) in [6, 6.07) is 17.7. The second-order valence-corrected chi connectivity index (χ2v) is 9.02. The quantitative estimate of drug-likeness (QED) is 0.136. The van der Waals surface area contributed by atoms with Crippen LogP contribution in [0.15, 0.2) is 91.5 Å². The fourth-order valence-electron chi connectivity index (χ4n) is 3.38. The number of ether oxygens (including phenoxy) is 3. The summed E-state index contributed by atoms with van der Waals surface area (Å²) >= 11 is 0. The molecular formula is C32H28O7. The van der Waals surface area contributed by atoms with Crippen LogP contribution in [0.2, 0.25) is 0 Å². The summed E-state index contributed by atoms with van der Waals surface area (Å²) < 4.78 is 15.9. The van der Waals surface area contributed by atoms with Crippen molar-refractivity contribution in [2.75, 3.05) is 0 Å². The Bertz CT molecular complexity index is 1520. The molecule has 0 aliphatic heterocycles. The van der Waals surface area contributed by atoms with Gasteiger partial charge in [-0.3, -0.25) is 4.79 Å². The molecule has 0 bridgehead atoms. The summed E-state index contributed by atoms with van der Waals surface area (Å²) in [5.74, 6) is -2.77. The third-order valence-corrected chi connectivity index (χ3v) is 5.53. The lowest BCUT2D eigenvalue weighted by molar-refractivity contribution is -0.146. The van der Waals surface area contributed by atoms with Crippen LogP contribution in [-0.4, -0.2) is 23.7 Å². The number of hydrogen-bond acceptors (Lipinski definition) is 7. The van der Waals surface area contributed by atoms with Crippen molar-refractivity contribution in [2.24, 2.45) is 0 Å². The maximum Gasteiger partial charge on any atom is 0.379 e. The van der Waals surface area contributed by atoms with Gasteiger partial charge in [-0.1, -0.05) is 56.1 Å². The minimum atomic E-state index is -1.08. The molecule has 0 heterocycles. The van der Waals surface area contributed by atoms with Gasteiger partial charge in [-0.15, -0.1) is 0 Å². The van der Waals surface area contributed by atoms with Crippen molar-refractivity contribution in [3.8, 4) is 39.5 Å². The first-order chi connectivity index (χ1) is 18.4. The van der Waals surface area contributed by atoms with Gasteiger partial charge in [0, 0.05) is 23.6 Å². The van der Waals surface area contributed by atoms with E-state index in [9.17, 15) is 19.2 Å². The Morgan fingerprint density at radius 2 is 0.923 bits per heavy atom. The molecule has 0 unspecified atom stereocenters. The molecule has 3 aromatic carbocycles. The highest BCUT2D eigenvalue weighted by atomic mass is 16.6. The fourth-order valence-corrected chi connectivity index (χ4v) is 3.38. The SMILES string of the molecule is C=C(C)C(=O)Oc1ccc(-c2ccc(-c3ccc(OC(=O)C(=C)C)c(C(=C)C)c3)cc2)cc1OC(=O)C(C)=O. The van der Waals surface area contributed by atoms with Gasteiger partial charge in [0.25, 0.3) is 0 Å². The van der Waals surface area contributed by atoms with E-state index in [0.717, 1.165) is 29.2 Å². The molecule has 0 aliphatic rings. The van der Waals surface area contributed by atoms with Crippen molar-refractivity contribution < 1.29 is 33.4 Å². The standard InChI is InChI=1S/C32H28O7/c1-18(2)26-16-24(12-14-27(26)37-30(34)19(3)4)22-8-10-23(11-9-22)25-13-15-28(38-31(35)20(5)6)29(17-25)39-32(36)21(7)33/h8-17H,1,3,5H2,2,4,6-7H3. The molecule has 0 radical (unpaired) electrons. The van der Waals surface area contributed by atoms with Gasteiger partial charge in [0.15, 0.2) is 11.5 Å². The predicted molar refractivity (Wildman–Crippen MR) is 149 cm³/mol. The Labute approximate surface area is 227 Å². The number of carbonyl (C=O) groups is 4. The topological polar surface area (TPSA) is 96.0 Å². The second kappa shape index (κ2) is 12.0. The highest BCUT2D eigenvalue weighted by molar-refractivity contribution is 6.33. The van der Waals surface area contributed by atoms with Crippen molar-refractivity contribution in [2.45, 2.75) is 27.7 Å². The maximum absolute atomic E-state index is 12.0. The predicted octanol–water partition coefficient (Wildman–Crippen LogP) is 6.51. The van der Waals surface area contributed by atoms with E-state index in [0.29, 0.717) is 22.4 Å². The van der Waals surface area contributed by atoms with Crippen LogP contribution in [0.3, 0.4) is 0 Å². The monoisotopic (exact) mass is 524 g/mol. The van der Waals surface area contributed by atoms with Crippen molar-refractivity contribution >= 4 is 29.3 Å². The zero-order valence-electron chi connectivity index (χ0n) is 22.3. The molecule has 3 rings (SSSR count). The molecule has 0 saturated carbocycles. The molecule has 198 valence electrons. The zero-order chi connectivity index (χ0) is 28.9. The van der Waals surface area contributed by atoms with E-state index in [4.69, 9.17) is 14.2 Å². The van der Waals surface area contributed by atoms with Crippen molar-refractivity contribution in [3.05, 3.63) is 97.1 Å². The Hall–Kier alpha value is -5.04. The van der Waals surface area contributed by atoms with Crippen LogP contribution in [0, 0.1) is 0 Å². The second-order valence-electron chi connectivity index (χ2n) is 9.02. The summed E-state index contributed by atoms with van der Waals surface area (Å²) in [5, 5.41) is 0. The number of esters is 3. The molecule has 0 aliphatic carbocycles. The van der Waals surface area contributed by atoms with Gasteiger partial charge in [0.1, 0.15) is 5.75 Å². The summed E-state index contributed by atoms with van der Waals surface area (Å²) in [7, 11) is 0. The molecule has 0 fully saturated rings. The first-order valence-corrected chi connectivity index (χ1v) is 11.9. The van der Waals surface area contributed by atoms with Gasteiger partial charge in [0.2, 0.25) is 5.78 Å². The smallest absolute Gasteiger partial charge is 0.379 e. The van der Waals surface area contributed by atoms with E-state index in [1.54, 1.807) is 19.1 Å². The lowest BCUT2D eigenvalue weighted by Crippen LogP contribution is -2.18. The Balaban J connectivity index is 1.94. The van der Waals surface area contributed by atoms with E-state index in [2.05, 4.69) is 19.7 Å². The van der Waals surface area contributed by atoms with Crippen LogP contribution in [0.4, 0.5) is 0 Å². The van der Waals surface area contributed by atoms with Crippen LogP contribution in [-0.2, 0) is 19.2 Å². The molecule has 7 nitrogen and oxygen atoms in total. The molecule has 0 atom stereocenters. The van der Waals surface area contributed by atoms with E-state index < -0.39 is 23.7 Å². The Morgan fingerprint density at radius 1 is 0.513 bits per heavy atom. The molecule has 0 saturated heterocycles. The van der Waals surface area contributed by atoms with Crippen LogP contribution in [0.1, 0.15) is 33.3 Å². The highest BCUT2D eigenvalue weighted by Crippen LogP contribution is 2.35. The Kier molecular flexibility index (Phi) is 8.78. The normalized spacial score (nSPS) is 10.3. The number of hydrogen-bond donors (Lipinski definition) is 0. The number of ketones is 1. The maximum atomic E-state index is 12.0.